The quantitative estimate of drug-likeness (QED) is 0.617. The van der Waals surface area contributed by atoms with Gasteiger partial charge in [-0.05, 0) is 12.1 Å². The number of likely N-dealkylation sites (tertiary alicyclic amines) is 1. The van der Waals surface area contributed by atoms with Crippen molar-refractivity contribution in [2.45, 2.75) is 16.6 Å². The fourth-order valence-electron chi connectivity index (χ4n) is 1.55. The number of carbonyl (C=O) groups is 2. The molecule has 0 aliphatic carbocycles. The molecule has 1 heterocycles. The van der Waals surface area contributed by atoms with Crippen molar-refractivity contribution >= 4 is 29.3 Å². The minimum Gasteiger partial charge on any atom is -0.398 e. The molecule has 2 rings (SSSR count). The van der Waals surface area contributed by atoms with E-state index in [1.165, 1.54) is 23.7 Å². The maximum Gasteiger partial charge on any atom is 0.242 e. The normalized spacial score (nSPS) is 20.6. The van der Waals surface area contributed by atoms with Crippen LogP contribution in [-0.4, -0.2) is 29.0 Å². The first-order valence-electron chi connectivity index (χ1n) is 4.91. The third-order valence-electron chi connectivity index (χ3n) is 2.53. The van der Waals surface area contributed by atoms with Crippen LogP contribution < -0.4 is 5.73 Å². The van der Waals surface area contributed by atoms with E-state index in [1.807, 2.05) is 18.2 Å². The second-order valence-corrected chi connectivity index (χ2v) is 4.88. The van der Waals surface area contributed by atoms with E-state index in [2.05, 4.69) is 0 Å². The van der Waals surface area contributed by atoms with Gasteiger partial charge in [-0.25, -0.2) is 0 Å². The highest BCUT2D eigenvalue weighted by Crippen LogP contribution is 2.33. The number of nitrogens with two attached hydrogens (primary N) is 1. The molecule has 0 radical (unpaired) electrons. The van der Waals surface area contributed by atoms with E-state index in [-0.39, 0.29) is 23.5 Å². The number of imide groups is 1. The third-order valence-corrected chi connectivity index (χ3v) is 3.81. The second-order valence-electron chi connectivity index (χ2n) is 3.64. The number of para-hydroxylation sites is 1. The predicted octanol–water partition coefficient (Wildman–Crippen LogP) is 1.12. The van der Waals surface area contributed by atoms with Gasteiger partial charge in [-0.3, -0.25) is 14.5 Å². The van der Waals surface area contributed by atoms with Gasteiger partial charge in [0.2, 0.25) is 11.8 Å². The number of amides is 2. The van der Waals surface area contributed by atoms with Gasteiger partial charge in [0.1, 0.15) is 0 Å². The minimum atomic E-state index is -0.331. The molecule has 5 heteroatoms. The van der Waals surface area contributed by atoms with Gasteiger partial charge in [0.05, 0.1) is 5.25 Å². The number of carbonyl (C=O) groups excluding carboxylic acids is 2. The smallest absolute Gasteiger partial charge is 0.242 e. The molecule has 0 aromatic heterocycles. The Kier molecular flexibility index (Phi) is 2.87. The van der Waals surface area contributed by atoms with Crippen molar-refractivity contribution in [1.29, 1.82) is 0 Å². The fourth-order valence-corrected chi connectivity index (χ4v) is 2.71. The lowest BCUT2D eigenvalue weighted by atomic mass is 10.3. The van der Waals surface area contributed by atoms with Gasteiger partial charge in [-0.2, -0.15) is 0 Å². The molecule has 1 aliphatic rings. The molecule has 16 heavy (non-hydrogen) atoms. The number of benzene rings is 1. The average molecular weight is 236 g/mol. The molecular weight excluding hydrogens is 224 g/mol. The van der Waals surface area contributed by atoms with Crippen molar-refractivity contribution in [2.24, 2.45) is 0 Å². The number of nitrogen functional groups attached to an aromatic ring is 1. The van der Waals surface area contributed by atoms with E-state index >= 15 is 0 Å². The summed E-state index contributed by atoms with van der Waals surface area (Å²) in [5.41, 5.74) is 6.42. The summed E-state index contributed by atoms with van der Waals surface area (Å²) in [6.45, 7) is 0. The molecule has 4 nitrogen and oxygen atoms in total. The van der Waals surface area contributed by atoms with Crippen LogP contribution in [0.3, 0.4) is 0 Å². The van der Waals surface area contributed by atoms with Crippen molar-refractivity contribution in [3.05, 3.63) is 24.3 Å². The lowest BCUT2D eigenvalue weighted by Gasteiger charge is -2.09. The van der Waals surface area contributed by atoms with E-state index in [0.717, 1.165) is 4.90 Å². The van der Waals surface area contributed by atoms with Crippen LogP contribution in [0.25, 0.3) is 0 Å². The van der Waals surface area contributed by atoms with Crippen LogP contribution in [-0.2, 0) is 9.59 Å². The van der Waals surface area contributed by atoms with Crippen molar-refractivity contribution in [1.82, 2.24) is 4.90 Å². The number of nitrogens with zero attached hydrogens (tertiary/aromatic N) is 1. The largest absolute Gasteiger partial charge is 0.398 e. The van der Waals surface area contributed by atoms with Crippen LogP contribution in [0, 0.1) is 0 Å². The number of hydrogen-bond donors (Lipinski definition) is 1. The highest BCUT2D eigenvalue weighted by molar-refractivity contribution is 8.00. The van der Waals surface area contributed by atoms with Crippen molar-refractivity contribution in [3.63, 3.8) is 0 Å². The SMILES string of the molecule is CN1C(=O)CC(Sc2ccccc2N)C1=O. The molecule has 1 fully saturated rings. The molecule has 0 saturated carbocycles. The van der Waals surface area contributed by atoms with Crippen LogP contribution in [0.1, 0.15) is 6.42 Å². The molecule has 0 spiro atoms. The van der Waals surface area contributed by atoms with E-state index in [1.54, 1.807) is 6.07 Å². The highest BCUT2D eigenvalue weighted by Gasteiger charge is 2.36. The molecular formula is C11H12N2O2S. The Morgan fingerprint density at radius 2 is 2.06 bits per heavy atom. The van der Waals surface area contributed by atoms with E-state index in [9.17, 15) is 9.59 Å². The summed E-state index contributed by atoms with van der Waals surface area (Å²) >= 11 is 1.36. The number of thioether (sulfide) groups is 1. The van der Waals surface area contributed by atoms with Crippen LogP contribution >= 0.6 is 11.8 Å². The molecule has 2 amide bonds. The first kappa shape index (κ1) is 11.0. The van der Waals surface area contributed by atoms with Gasteiger partial charge in [-0.1, -0.05) is 12.1 Å². The predicted molar refractivity (Wildman–Crippen MR) is 62.9 cm³/mol. The lowest BCUT2D eigenvalue weighted by Crippen LogP contribution is -2.26. The molecule has 0 bridgehead atoms. The second kappa shape index (κ2) is 4.17. The van der Waals surface area contributed by atoms with E-state index in [4.69, 9.17) is 5.73 Å². The molecule has 1 aromatic rings. The van der Waals surface area contributed by atoms with Gasteiger partial charge >= 0.3 is 0 Å². The van der Waals surface area contributed by atoms with Gasteiger partial charge in [-0.15, -0.1) is 11.8 Å². The molecule has 1 atom stereocenters. The Hall–Kier alpha value is -1.49. The van der Waals surface area contributed by atoms with Crippen LogP contribution in [0.2, 0.25) is 0 Å². The zero-order valence-corrected chi connectivity index (χ0v) is 9.66. The minimum absolute atomic E-state index is 0.128. The molecule has 1 aromatic carbocycles. The zero-order chi connectivity index (χ0) is 11.7. The summed E-state index contributed by atoms with van der Waals surface area (Å²) in [6.07, 6.45) is 0.258. The number of hydrogen-bond acceptors (Lipinski definition) is 4. The van der Waals surface area contributed by atoms with Crippen LogP contribution in [0.4, 0.5) is 5.69 Å². The van der Waals surface area contributed by atoms with E-state index < -0.39 is 0 Å². The Morgan fingerprint density at radius 3 is 2.62 bits per heavy atom. The van der Waals surface area contributed by atoms with Gasteiger partial charge < -0.3 is 5.73 Å². The summed E-state index contributed by atoms with van der Waals surface area (Å²) in [7, 11) is 1.51. The van der Waals surface area contributed by atoms with Crippen LogP contribution in [0.5, 0.6) is 0 Å². The first-order valence-corrected chi connectivity index (χ1v) is 5.79. The molecule has 1 saturated heterocycles. The van der Waals surface area contributed by atoms with E-state index in [0.29, 0.717) is 5.69 Å². The van der Waals surface area contributed by atoms with Gasteiger partial charge in [0.25, 0.3) is 0 Å². The number of anilines is 1. The summed E-state index contributed by atoms with van der Waals surface area (Å²) in [4.78, 5) is 25.0. The van der Waals surface area contributed by atoms with Crippen molar-refractivity contribution in [2.75, 3.05) is 12.8 Å². The lowest BCUT2D eigenvalue weighted by molar-refractivity contribution is -0.136. The Bertz CT molecular complexity index is 447. The fraction of sp³-hybridized carbons (Fsp3) is 0.273. The first-order chi connectivity index (χ1) is 7.59. The van der Waals surface area contributed by atoms with Crippen molar-refractivity contribution < 1.29 is 9.59 Å². The van der Waals surface area contributed by atoms with Crippen LogP contribution in [0.15, 0.2) is 29.2 Å². The molecule has 1 unspecified atom stereocenters. The maximum absolute atomic E-state index is 11.7. The summed E-state index contributed by atoms with van der Waals surface area (Å²) in [6, 6.07) is 7.35. The molecule has 84 valence electrons. The maximum atomic E-state index is 11.7. The average Bonchev–Trinajstić information content (AvgIpc) is 2.50. The number of rotatable bonds is 2. The summed E-state index contributed by atoms with van der Waals surface area (Å²) in [5.74, 6) is -0.268. The van der Waals surface area contributed by atoms with Gasteiger partial charge in [0, 0.05) is 24.1 Å². The zero-order valence-electron chi connectivity index (χ0n) is 8.84. The summed E-state index contributed by atoms with van der Waals surface area (Å²) in [5, 5.41) is -0.331. The monoisotopic (exact) mass is 236 g/mol. The Balaban J connectivity index is 2.15. The summed E-state index contributed by atoms with van der Waals surface area (Å²) < 4.78 is 0. The molecule has 2 N–H and O–H groups in total. The Morgan fingerprint density at radius 1 is 1.38 bits per heavy atom. The van der Waals surface area contributed by atoms with Gasteiger partial charge in [0.15, 0.2) is 0 Å². The molecule has 1 aliphatic heterocycles. The standard InChI is InChI=1S/C11H12N2O2S/c1-13-10(14)6-9(11(13)15)16-8-5-3-2-4-7(8)12/h2-5,9H,6,12H2,1H3. The topological polar surface area (TPSA) is 63.4 Å². The highest BCUT2D eigenvalue weighted by atomic mass is 32.2. The third kappa shape index (κ3) is 1.90. The van der Waals surface area contributed by atoms with Crippen molar-refractivity contribution in [3.8, 4) is 0 Å². The Labute approximate surface area is 97.8 Å².